The third-order valence-electron chi connectivity index (χ3n) is 1.76. The molecule has 0 bridgehead atoms. The molecule has 13 heavy (non-hydrogen) atoms. The molecule has 0 aromatic heterocycles. The molecule has 1 aliphatic heterocycles. The van der Waals surface area contributed by atoms with Crippen LogP contribution in [0.3, 0.4) is 0 Å². The zero-order valence-corrected chi connectivity index (χ0v) is 7.93. The van der Waals surface area contributed by atoms with Gasteiger partial charge >= 0.3 is 0 Å². The average molecular weight is 178 g/mol. The van der Waals surface area contributed by atoms with Crippen LogP contribution in [0.5, 0.6) is 0 Å². The summed E-state index contributed by atoms with van der Waals surface area (Å²) >= 11 is 0. The summed E-state index contributed by atoms with van der Waals surface area (Å²) in [4.78, 5) is 0. The Morgan fingerprint density at radius 2 is 2.31 bits per heavy atom. The van der Waals surface area contributed by atoms with Crippen LogP contribution in [0.4, 0.5) is 0 Å². The molecule has 2 heteroatoms. The van der Waals surface area contributed by atoms with E-state index in [1.54, 1.807) is 6.92 Å². The van der Waals surface area contributed by atoms with Crippen LogP contribution >= 0.6 is 0 Å². The first-order chi connectivity index (χ1) is 6.43. The van der Waals surface area contributed by atoms with Crippen molar-refractivity contribution >= 4 is 0 Å². The van der Waals surface area contributed by atoms with Crippen molar-refractivity contribution in [3.8, 4) is 23.7 Å². The van der Waals surface area contributed by atoms with Crippen molar-refractivity contribution in [3.05, 3.63) is 0 Å². The van der Waals surface area contributed by atoms with E-state index in [4.69, 9.17) is 9.47 Å². The lowest BCUT2D eigenvalue weighted by molar-refractivity contribution is -0.154. The van der Waals surface area contributed by atoms with Gasteiger partial charge in [-0.15, -0.1) is 0 Å². The predicted octanol–water partition coefficient (Wildman–Crippen LogP) is 1.56. The van der Waals surface area contributed by atoms with E-state index in [0.29, 0.717) is 6.61 Å². The lowest BCUT2D eigenvalue weighted by atomic mass is 10.2. The molecule has 70 valence electrons. The van der Waals surface area contributed by atoms with Gasteiger partial charge in [0.25, 0.3) is 0 Å². The molecule has 1 unspecified atom stereocenters. The first-order valence-electron chi connectivity index (χ1n) is 4.56. The maximum Gasteiger partial charge on any atom is 0.158 e. The fourth-order valence-electron chi connectivity index (χ4n) is 1.12. The Morgan fingerprint density at radius 1 is 1.38 bits per heavy atom. The van der Waals surface area contributed by atoms with Crippen molar-refractivity contribution in [1.29, 1.82) is 0 Å². The fourth-order valence-corrected chi connectivity index (χ4v) is 1.12. The summed E-state index contributed by atoms with van der Waals surface area (Å²) in [5.41, 5.74) is 0. The van der Waals surface area contributed by atoms with Gasteiger partial charge in [0, 0.05) is 6.61 Å². The summed E-state index contributed by atoms with van der Waals surface area (Å²) in [6, 6.07) is 0. The van der Waals surface area contributed by atoms with Crippen LogP contribution in [0.25, 0.3) is 0 Å². The largest absolute Gasteiger partial charge is 0.353 e. The lowest BCUT2D eigenvalue weighted by Gasteiger charge is -2.21. The van der Waals surface area contributed by atoms with Crippen LogP contribution in [0, 0.1) is 23.7 Å². The maximum atomic E-state index is 5.37. The number of ether oxygens (including phenoxy) is 2. The van der Waals surface area contributed by atoms with E-state index in [2.05, 4.69) is 23.7 Å². The molecule has 0 N–H and O–H groups in total. The van der Waals surface area contributed by atoms with E-state index < -0.39 is 0 Å². The van der Waals surface area contributed by atoms with Gasteiger partial charge in [0.15, 0.2) is 6.29 Å². The van der Waals surface area contributed by atoms with Gasteiger partial charge in [-0.05, 0) is 38.0 Å². The van der Waals surface area contributed by atoms with E-state index in [0.717, 1.165) is 19.4 Å². The molecule has 0 aliphatic carbocycles. The molecule has 1 aliphatic rings. The molecule has 1 fully saturated rings. The Bertz CT molecular complexity index is 243. The topological polar surface area (TPSA) is 18.5 Å². The molecule has 2 nitrogen and oxygen atoms in total. The van der Waals surface area contributed by atoms with Gasteiger partial charge in [0.2, 0.25) is 0 Å². The zero-order chi connectivity index (χ0) is 9.36. The highest BCUT2D eigenvalue weighted by molar-refractivity contribution is 5.24. The monoisotopic (exact) mass is 178 g/mol. The van der Waals surface area contributed by atoms with Crippen LogP contribution in [0.2, 0.25) is 0 Å². The summed E-state index contributed by atoms with van der Waals surface area (Å²) in [6.45, 7) is 2.99. The maximum absolute atomic E-state index is 5.37. The Labute approximate surface area is 79.6 Å². The Morgan fingerprint density at radius 3 is 3.00 bits per heavy atom. The van der Waals surface area contributed by atoms with Crippen LogP contribution in [0.1, 0.15) is 26.2 Å². The summed E-state index contributed by atoms with van der Waals surface area (Å²) in [5, 5.41) is 0. The number of hydrogen-bond acceptors (Lipinski definition) is 2. The normalized spacial score (nSPS) is 20.8. The van der Waals surface area contributed by atoms with Gasteiger partial charge in [0.1, 0.15) is 6.61 Å². The Hall–Kier alpha value is -0.960. The molecule has 0 radical (unpaired) electrons. The summed E-state index contributed by atoms with van der Waals surface area (Å²) in [7, 11) is 0. The molecular weight excluding hydrogens is 164 g/mol. The number of hydrogen-bond donors (Lipinski definition) is 0. The number of rotatable bonds is 2. The summed E-state index contributed by atoms with van der Waals surface area (Å²) in [6.07, 6.45) is 3.28. The standard InChI is InChI=1S/C11H14O2/c1-2-3-4-6-9-12-11-8-5-7-10-13-11/h11H,5,7-10H2,1H3. The molecule has 0 aromatic rings. The van der Waals surface area contributed by atoms with Crippen LogP contribution in [-0.4, -0.2) is 19.5 Å². The second kappa shape index (κ2) is 6.54. The minimum atomic E-state index is -0.0439. The highest BCUT2D eigenvalue weighted by atomic mass is 16.7. The van der Waals surface area contributed by atoms with Crippen LogP contribution in [0.15, 0.2) is 0 Å². The van der Waals surface area contributed by atoms with Crippen molar-refractivity contribution < 1.29 is 9.47 Å². The van der Waals surface area contributed by atoms with Crippen LogP contribution in [-0.2, 0) is 9.47 Å². The molecule has 0 saturated carbocycles. The lowest BCUT2D eigenvalue weighted by Crippen LogP contribution is -2.22. The Kier molecular flexibility index (Phi) is 5.10. The SMILES string of the molecule is CC#CC#CCOC1CCCCO1. The van der Waals surface area contributed by atoms with Gasteiger partial charge in [-0.1, -0.05) is 11.8 Å². The minimum Gasteiger partial charge on any atom is -0.353 e. The van der Waals surface area contributed by atoms with E-state index in [1.165, 1.54) is 6.42 Å². The summed E-state index contributed by atoms with van der Waals surface area (Å²) < 4.78 is 10.7. The summed E-state index contributed by atoms with van der Waals surface area (Å²) in [5.74, 6) is 10.8. The van der Waals surface area contributed by atoms with Gasteiger partial charge in [0.05, 0.1) is 0 Å². The molecule has 1 saturated heterocycles. The first-order valence-corrected chi connectivity index (χ1v) is 4.56. The van der Waals surface area contributed by atoms with Crippen molar-refractivity contribution in [2.45, 2.75) is 32.5 Å². The van der Waals surface area contributed by atoms with Gasteiger partial charge in [-0.25, -0.2) is 0 Å². The highest BCUT2D eigenvalue weighted by Crippen LogP contribution is 2.12. The molecule has 1 heterocycles. The van der Waals surface area contributed by atoms with Crippen LogP contribution < -0.4 is 0 Å². The Balaban J connectivity index is 2.10. The predicted molar refractivity (Wildman–Crippen MR) is 50.8 cm³/mol. The van der Waals surface area contributed by atoms with Crippen molar-refractivity contribution in [2.75, 3.05) is 13.2 Å². The second-order valence-electron chi connectivity index (χ2n) is 2.78. The smallest absolute Gasteiger partial charge is 0.158 e. The van der Waals surface area contributed by atoms with Crippen molar-refractivity contribution in [1.82, 2.24) is 0 Å². The molecular formula is C11H14O2. The molecule has 0 amide bonds. The third-order valence-corrected chi connectivity index (χ3v) is 1.76. The molecule has 1 atom stereocenters. The van der Waals surface area contributed by atoms with E-state index in [9.17, 15) is 0 Å². The molecule has 0 aromatic carbocycles. The quantitative estimate of drug-likeness (QED) is 0.597. The van der Waals surface area contributed by atoms with Gasteiger partial charge < -0.3 is 9.47 Å². The minimum absolute atomic E-state index is 0.0439. The van der Waals surface area contributed by atoms with Gasteiger partial charge in [-0.3, -0.25) is 0 Å². The fraction of sp³-hybridized carbons (Fsp3) is 0.636. The molecule has 1 rings (SSSR count). The van der Waals surface area contributed by atoms with E-state index in [-0.39, 0.29) is 6.29 Å². The van der Waals surface area contributed by atoms with Crippen molar-refractivity contribution in [2.24, 2.45) is 0 Å². The second-order valence-corrected chi connectivity index (χ2v) is 2.78. The average Bonchev–Trinajstić information content (AvgIpc) is 2.19. The van der Waals surface area contributed by atoms with E-state index >= 15 is 0 Å². The van der Waals surface area contributed by atoms with E-state index in [1.807, 2.05) is 0 Å². The van der Waals surface area contributed by atoms with Crippen molar-refractivity contribution in [3.63, 3.8) is 0 Å². The highest BCUT2D eigenvalue weighted by Gasteiger charge is 2.12. The molecule has 0 spiro atoms. The zero-order valence-electron chi connectivity index (χ0n) is 7.93. The third kappa shape index (κ3) is 4.58. The van der Waals surface area contributed by atoms with Gasteiger partial charge in [-0.2, -0.15) is 0 Å². The first kappa shape index (κ1) is 10.1.